The van der Waals surface area contributed by atoms with E-state index in [0.29, 0.717) is 18.7 Å². The number of hydrogen-bond acceptors (Lipinski definition) is 4. The van der Waals surface area contributed by atoms with Crippen molar-refractivity contribution in [3.63, 3.8) is 0 Å². The van der Waals surface area contributed by atoms with Crippen LogP contribution in [0.1, 0.15) is 24.3 Å². The lowest BCUT2D eigenvalue weighted by molar-refractivity contribution is 0.0217. The number of ether oxygens (including phenoxy) is 1. The minimum absolute atomic E-state index is 0.175. The Morgan fingerprint density at radius 2 is 2.10 bits per heavy atom. The van der Waals surface area contributed by atoms with Crippen molar-refractivity contribution in [1.29, 1.82) is 0 Å². The molecule has 21 heavy (non-hydrogen) atoms. The molecule has 0 spiro atoms. The van der Waals surface area contributed by atoms with E-state index >= 15 is 0 Å². The molecule has 0 saturated carbocycles. The van der Waals surface area contributed by atoms with Crippen LogP contribution in [0.4, 0.5) is 4.39 Å². The van der Waals surface area contributed by atoms with Gasteiger partial charge in [0.25, 0.3) is 0 Å². The monoisotopic (exact) mass is 293 g/mol. The van der Waals surface area contributed by atoms with E-state index in [4.69, 9.17) is 9.15 Å². The van der Waals surface area contributed by atoms with Crippen LogP contribution in [-0.4, -0.2) is 24.4 Å². The van der Waals surface area contributed by atoms with Crippen LogP contribution in [0.3, 0.4) is 0 Å². The Kier molecular flexibility index (Phi) is 5.92. The highest BCUT2D eigenvalue weighted by atomic mass is 19.1. The first-order valence-electron chi connectivity index (χ1n) is 6.93. The summed E-state index contributed by atoms with van der Waals surface area (Å²) >= 11 is 0. The molecule has 2 rings (SSSR count). The number of aliphatic hydroxyl groups is 1. The summed E-state index contributed by atoms with van der Waals surface area (Å²) in [5.74, 6) is 0.468. The number of aliphatic hydroxyl groups excluding tert-OH is 1. The van der Waals surface area contributed by atoms with Crippen molar-refractivity contribution in [2.75, 3.05) is 13.2 Å². The topological polar surface area (TPSA) is 54.6 Å². The van der Waals surface area contributed by atoms with Gasteiger partial charge in [0.1, 0.15) is 18.2 Å². The summed E-state index contributed by atoms with van der Waals surface area (Å²) in [5.41, 5.74) is 0.584. The number of rotatable bonds is 8. The highest BCUT2D eigenvalue weighted by Crippen LogP contribution is 2.15. The van der Waals surface area contributed by atoms with Crippen LogP contribution >= 0.6 is 0 Å². The molecule has 1 unspecified atom stereocenters. The second kappa shape index (κ2) is 7.93. The van der Waals surface area contributed by atoms with Gasteiger partial charge in [0.15, 0.2) is 0 Å². The molecule has 0 aliphatic heterocycles. The molecule has 0 radical (unpaired) electrons. The van der Waals surface area contributed by atoms with Crippen molar-refractivity contribution in [2.45, 2.75) is 25.7 Å². The van der Waals surface area contributed by atoms with Gasteiger partial charge in [-0.2, -0.15) is 0 Å². The van der Waals surface area contributed by atoms with Gasteiger partial charge in [0.2, 0.25) is 0 Å². The molecule has 2 atom stereocenters. The fourth-order valence-electron chi connectivity index (χ4n) is 2.00. The summed E-state index contributed by atoms with van der Waals surface area (Å²) in [7, 11) is 0. The normalized spacial score (nSPS) is 14.0. The third-order valence-electron chi connectivity index (χ3n) is 3.17. The molecule has 0 amide bonds. The average Bonchev–Trinajstić information content (AvgIpc) is 2.98. The Labute approximate surface area is 123 Å². The summed E-state index contributed by atoms with van der Waals surface area (Å²) in [6.07, 6.45) is 0.918. The van der Waals surface area contributed by atoms with E-state index < -0.39 is 6.10 Å². The Hall–Kier alpha value is -1.69. The van der Waals surface area contributed by atoms with Crippen molar-refractivity contribution < 1.29 is 18.7 Å². The van der Waals surface area contributed by atoms with Gasteiger partial charge >= 0.3 is 0 Å². The molecule has 1 aromatic heterocycles. The molecule has 2 N–H and O–H groups in total. The third-order valence-corrected chi connectivity index (χ3v) is 3.17. The lowest BCUT2D eigenvalue weighted by Crippen LogP contribution is -2.32. The van der Waals surface area contributed by atoms with Gasteiger partial charge in [0, 0.05) is 18.2 Å². The van der Waals surface area contributed by atoms with E-state index in [2.05, 4.69) is 5.32 Å². The number of hydrogen-bond donors (Lipinski definition) is 2. The third kappa shape index (κ3) is 4.97. The van der Waals surface area contributed by atoms with Crippen molar-refractivity contribution in [1.82, 2.24) is 5.32 Å². The summed E-state index contributed by atoms with van der Waals surface area (Å²) in [6, 6.07) is 10.0. The fourth-order valence-corrected chi connectivity index (χ4v) is 2.00. The summed E-state index contributed by atoms with van der Waals surface area (Å²) < 4.78 is 24.1. The zero-order valence-corrected chi connectivity index (χ0v) is 12.0. The minimum atomic E-state index is -0.658. The van der Waals surface area contributed by atoms with Crippen LogP contribution in [0.25, 0.3) is 0 Å². The quantitative estimate of drug-likeness (QED) is 0.785. The van der Waals surface area contributed by atoms with Crippen LogP contribution in [-0.2, 0) is 11.3 Å². The maximum Gasteiger partial charge on any atom is 0.129 e. The van der Waals surface area contributed by atoms with Crippen molar-refractivity contribution >= 4 is 0 Å². The largest absolute Gasteiger partial charge is 0.467 e. The van der Waals surface area contributed by atoms with Crippen molar-refractivity contribution in [3.05, 3.63) is 59.8 Å². The lowest BCUT2D eigenvalue weighted by Gasteiger charge is -2.18. The molecule has 114 valence electrons. The van der Waals surface area contributed by atoms with Gasteiger partial charge < -0.3 is 19.6 Å². The van der Waals surface area contributed by atoms with Gasteiger partial charge in [-0.05, 0) is 25.1 Å². The molecule has 0 aliphatic rings. The maximum absolute atomic E-state index is 13.6. The molecule has 0 fully saturated rings. The average molecular weight is 293 g/mol. The lowest BCUT2D eigenvalue weighted by atomic mass is 10.1. The van der Waals surface area contributed by atoms with Gasteiger partial charge in [-0.25, -0.2) is 4.39 Å². The number of benzene rings is 1. The maximum atomic E-state index is 13.6. The SMILES string of the molecule is C[C@@H](NCC(O)COCc1ccco1)c1ccccc1F. The van der Waals surface area contributed by atoms with E-state index in [1.54, 1.807) is 30.5 Å². The number of halogens is 1. The van der Waals surface area contributed by atoms with Gasteiger partial charge in [-0.3, -0.25) is 0 Å². The Bertz CT molecular complexity index is 530. The standard InChI is InChI=1S/C16H20FNO3/c1-12(15-6-2-3-7-16(15)17)18-9-13(19)10-20-11-14-5-4-8-21-14/h2-8,12-13,18-19H,9-11H2,1H3/t12-,13?/m1/s1. The highest BCUT2D eigenvalue weighted by molar-refractivity contribution is 5.20. The van der Waals surface area contributed by atoms with E-state index in [-0.39, 0.29) is 18.5 Å². The smallest absolute Gasteiger partial charge is 0.129 e. The first-order chi connectivity index (χ1) is 10.2. The van der Waals surface area contributed by atoms with Gasteiger partial charge in [-0.15, -0.1) is 0 Å². The molecule has 0 bridgehead atoms. The van der Waals surface area contributed by atoms with E-state index in [1.165, 1.54) is 6.07 Å². The van der Waals surface area contributed by atoms with Crippen LogP contribution < -0.4 is 5.32 Å². The van der Waals surface area contributed by atoms with Crippen molar-refractivity contribution in [2.24, 2.45) is 0 Å². The molecule has 2 aromatic rings. The molecule has 0 saturated heterocycles. The predicted molar refractivity (Wildman–Crippen MR) is 77.2 cm³/mol. The molecule has 5 heteroatoms. The number of furan rings is 1. The summed E-state index contributed by atoms with van der Waals surface area (Å²) in [5, 5.41) is 12.9. The van der Waals surface area contributed by atoms with Gasteiger partial charge in [-0.1, -0.05) is 18.2 Å². The second-order valence-corrected chi connectivity index (χ2v) is 4.90. The first-order valence-corrected chi connectivity index (χ1v) is 6.93. The zero-order chi connectivity index (χ0) is 15.1. The molecule has 1 heterocycles. The second-order valence-electron chi connectivity index (χ2n) is 4.90. The highest BCUT2D eigenvalue weighted by Gasteiger charge is 2.12. The first kappa shape index (κ1) is 15.7. The zero-order valence-electron chi connectivity index (χ0n) is 12.0. The van der Waals surface area contributed by atoms with E-state index in [0.717, 1.165) is 5.76 Å². The van der Waals surface area contributed by atoms with Crippen LogP contribution in [0, 0.1) is 5.82 Å². The minimum Gasteiger partial charge on any atom is -0.467 e. The molecule has 4 nitrogen and oxygen atoms in total. The molecular weight excluding hydrogens is 273 g/mol. The predicted octanol–water partition coefficient (Wildman–Crippen LogP) is 2.65. The van der Waals surface area contributed by atoms with Crippen molar-refractivity contribution in [3.8, 4) is 0 Å². The Morgan fingerprint density at radius 3 is 2.81 bits per heavy atom. The van der Waals surface area contributed by atoms with Gasteiger partial charge in [0.05, 0.1) is 19.0 Å². The van der Waals surface area contributed by atoms with Crippen LogP contribution in [0.2, 0.25) is 0 Å². The van der Waals surface area contributed by atoms with Crippen LogP contribution in [0.5, 0.6) is 0 Å². The molecule has 0 aliphatic carbocycles. The fraction of sp³-hybridized carbons (Fsp3) is 0.375. The Morgan fingerprint density at radius 1 is 1.29 bits per heavy atom. The summed E-state index contributed by atoms with van der Waals surface area (Å²) in [6.45, 7) is 2.70. The summed E-state index contributed by atoms with van der Waals surface area (Å²) in [4.78, 5) is 0. The molecular formula is C16H20FNO3. The molecule has 1 aromatic carbocycles. The Balaban J connectivity index is 1.68. The number of nitrogens with one attached hydrogen (secondary N) is 1. The van der Waals surface area contributed by atoms with Crippen LogP contribution in [0.15, 0.2) is 47.1 Å². The van der Waals surface area contributed by atoms with E-state index in [1.807, 2.05) is 13.0 Å². The van der Waals surface area contributed by atoms with E-state index in [9.17, 15) is 9.50 Å².